The standard InChI is InChI=1S/C11H7BrFNO2S/c12-10-8(5-9(15)16)14-11(17-10)6-3-1-2-4-7(6)13/h1-4H,5H2,(H,15,16). The van der Waals surface area contributed by atoms with E-state index in [-0.39, 0.29) is 12.2 Å². The highest BCUT2D eigenvalue weighted by molar-refractivity contribution is 9.11. The fraction of sp³-hybridized carbons (Fsp3) is 0.0909. The van der Waals surface area contributed by atoms with Crippen LogP contribution in [0.1, 0.15) is 5.69 Å². The molecule has 0 saturated carbocycles. The van der Waals surface area contributed by atoms with Gasteiger partial charge in [-0.3, -0.25) is 4.79 Å². The van der Waals surface area contributed by atoms with E-state index < -0.39 is 5.97 Å². The van der Waals surface area contributed by atoms with E-state index in [0.29, 0.717) is 20.1 Å². The quantitative estimate of drug-likeness (QED) is 0.945. The number of carbonyl (C=O) groups is 1. The van der Waals surface area contributed by atoms with Crippen molar-refractivity contribution in [3.8, 4) is 10.6 Å². The largest absolute Gasteiger partial charge is 0.481 e. The molecule has 3 nitrogen and oxygen atoms in total. The molecule has 17 heavy (non-hydrogen) atoms. The maximum atomic E-state index is 13.5. The van der Waals surface area contributed by atoms with E-state index in [9.17, 15) is 9.18 Å². The van der Waals surface area contributed by atoms with Crippen molar-refractivity contribution in [2.24, 2.45) is 0 Å². The van der Waals surface area contributed by atoms with Gasteiger partial charge in [0.25, 0.3) is 0 Å². The number of benzene rings is 1. The zero-order chi connectivity index (χ0) is 12.4. The first kappa shape index (κ1) is 12.2. The molecule has 0 atom stereocenters. The summed E-state index contributed by atoms with van der Waals surface area (Å²) >= 11 is 4.46. The second-order valence-corrected chi connectivity index (χ2v) is 5.61. The van der Waals surface area contributed by atoms with Crippen LogP contribution in [0.5, 0.6) is 0 Å². The van der Waals surface area contributed by atoms with Crippen LogP contribution in [0.25, 0.3) is 10.6 Å². The fourth-order valence-corrected chi connectivity index (χ4v) is 2.86. The van der Waals surface area contributed by atoms with Crippen LogP contribution in [0.15, 0.2) is 28.1 Å². The molecule has 1 aromatic carbocycles. The Kier molecular flexibility index (Phi) is 3.54. The highest BCUT2D eigenvalue weighted by Crippen LogP contribution is 2.33. The van der Waals surface area contributed by atoms with Gasteiger partial charge in [0.1, 0.15) is 10.8 Å². The monoisotopic (exact) mass is 315 g/mol. The smallest absolute Gasteiger partial charge is 0.309 e. The molecule has 0 bridgehead atoms. The lowest BCUT2D eigenvalue weighted by Gasteiger charge is -1.96. The average molecular weight is 316 g/mol. The molecule has 1 N–H and O–H groups in total. The average Bonchev–Trinajstić information content (AvgIpc) is 2.60. The fourth-order valence-electron chi connectivity index (χ4n) is 1.34. The number of carboxylic acids is 1. The zero-order valence-electron chi connectivity index (χ0n) is 8.48. The van der Waals surface area contributed by atoms with Gasteiger partial charge >= 0.3 is 5.97 Å². The Morgan fingerprint density at radius 1 is 1.47 bits per heavy atom. The minimum Gasteiger partial charge on any atom is -0.481 e. The summed E-state index contributed by atoms with van der Waals surface area (Å²) in [6.45, 7) is 0. The summed E-state index contributed by atoms with van der Waals surface area (Å²) in [6, 6.07) is 6.27. The van der Waals surface area contributed by atoms with E-state index in [1.807, 2.05) is 0 Å². The maximum absolute atomic E-state index is 13.5. The Hall–Kier alpha value is -1.27. The van der Waals surface area contributed by atoms with Crippen molar-refractivity contribution in [1.29, 1.82) is 0 Å². The highest BCUT2D eigenvalue weighted by atomic mass is 79.9. The molecule has 6 heteroatoms. The summed E-state index contributed by atoms with van der Waals surface area (Å²) in [5, 5.41) is 9.17. The van der Waals surface area contributed by atoms with E-state index in [4.69, 9.17) is 5.11 Å². The lowest BCUT2D eigenvalue weighted by Crippen LogP contribution is -2.00. The van der Waals surface area contributed by atoms with E-state index in [2.05, 4.69) is 20.9 Å². The second kappa shape index (κ2) is 4.93. The number of nitrogens with zero attached hydrogens (tertiary/aromatic N) is 1. The summed E-state index contributed by atoms with van der Waals surface area (Å²) in [5.74, 6) is -1.33. The number of aromatic nitrogens is 1. The second-order valence-electron chi connectivity index (χ2n) is 3.29. The first-order valence-corrected chi connectivity index (χ1v) is 6.31. The van der Waals surface area contributed by atoms with Gasteiger partial charge < -0.3 is 5.11 Å². The molecular formula is C11H7BrFNO2S. The topological polar surface area (TPSA) is 50.2 Å². The molecule has 0 aliphatic heterocycles. The molecule has 1 aromatic heterocycles. The van der Waals surface area contributed by atoms with Gasteiger partial charge in [0.2, 0.25) is 0 Å². The van der Waals surface area contributed by atoms with Gasteiger partial charge in [-0.15, -0.1) is 11.3 Å². The number of thiazole rings is 1. The zero-order valence-corrected chi connectivity index (χ0v) is 10.9. The van der Waals surface area contributed by atoms with Crippen LogP contribution in [-0.4, -0.2) is 16.1 Å². The molecule has 88 valence electrons. The predicted molar refractivity (Wildman–Crippen MR) is 66.5 cm³/mol. The molecule has 2 aromatic rings. The molecule has 0 saturated heterocycles. The minimum absolute atomic E-state index is 0.175. The van der Waals surface area contributed by atoms with Crippen molar-refractivity contribution >= 4 is 33.2 Å². The molecular weight excluding hydrogens is 309 g/mol. The third-order valence-corrected chi connectivity index (χ3v) is 3.94. The molecule has 1 heterocycles. The Morgan fingerprint density at radius 2 is 2.18 bits per heavy atom. The van der Waals surface area contributed by atoms with E-state index in [1.165, 1.54) is 17.4 Å². The molecule has 0 fully saturated rings. The van der Waals surface area contributed by atoms with Crippen molar-refractivity contribution in [1.82, 2.24) is 4.98 Å². The van der Waals surface area contributed by atoms with Crippen molar-refractivity contribution in [3.63, 3.8) is 0 Å². The molecule has 2 rings (SSSR count). The number of hydrogen-bond donors (Lipinski definition) is 1. The Balaban J connectivity index is 2.41. The Labute approximate surface area is 109 Å². The molecule has 0 unspecified atom stereocenters. The van der Waals surface area contributed by atoms with Crippen LogP contribution in [0.2, 0.25) is 0 Å². The number of carboxylic acid groups (broad SMARTS) is 1. The van der Waals surface area contributed by atoms with Crippen LogP contribution in [-0.2, 0) is 11.2 Å². The summed E-state index contributed by atoms with van der Waals surface area (Å²) in [7, 11) is 0. The third kappa shape index (κ3) is 2.70. The van der Waals surface area contributed by atoms with Gasteiger partial charge in [-0.1, -0.05) is 12.1 Å². The summed E-state index contributed by atoms with van der Waals surface area (Å²) in [6.07, 6.45) is -0.175. The number of hydrogen-bond acceptors (Lipinski definition) is 3. The third-order valence-electron chi connectivity index (χ3n) is 2.07. The van der Waals surface area contributed by atoms with Gasteiger partial charge in [0.15, 0.2) is 0 Å². The summed E-state index contributed by atoms with van der Waals surface area (Å²) in [5.41, 5.74) is 0.801. The summed E-state index contributed by atoms with van der Waals surface area (Å²) in [4.78, 5) is 14.7. The van der Waals surface area contributed by atoms with Crippen molar-refractivity contribution < 1.29 is 14.3 Å². The molecule has 0 aliphatic carbocycles. The van der Waals surface area contributed by atoms with Crippen LogP contribution < -0.4 is 0 Å². The number of rotatable bonds is 3. The van der Waals surface area contributed by atoms with Gasteiger partial charge in [0, 0.05) is 5.56 Å². The molecule has 0 radical (unpaired) electrons. The van der Waals surface area contributed by atoms with Crippen LogP contribution in [0.4, 0.5) is 4.39 Å². The van der Waals surface area contributed by atoms with E-state index in [1.54, 1.807) is 18.2 Å². The molecule has 0 spiro atoms. The minimum atomic E-state index is -0.962. The SMILES string of the molecule is O=C(O)Cc1nc(-c2ccccc2F)sc1Br. The predicted octanol–water partition coefficient (Wildman–Crippen LogP) is 3.34. The van der Waals surface area contributed by atoms with E-state index >= 15 is 0 Å². The Morgan fingerprint density at radius 3 is 2.82 bits per heavy atom. The maximum Gasteiger partial charge on any atom is 0.309 e. The normalized spacial score (nSPS) is 10.5. The molecule has 0 aliphatic rings. The number of aliphatic carboxylic acids is 1. The first-order valence-electron chi connectivity index (χ1n) is 4.70. The van der Waals surface area contributed by atoms with Crippen LogP contribution in [0.3, 0.4) is 0 Å². The van der Waals surface area contributed by atoms with Crippen molar-refractivity contribution in [3.05, 3.63) is 39.6 Å². The summed E-state index contributed by atoms with van der Waals surface area (Å²) < 4.78 is 14.1. The molecule has 0 amide bonds. The van der Waals surface area contributed by atoms with Crippen molar-refractivity contribution in [2.45, 2.75) is 6.42 Å². The highest BCUT2D eigenvalue weighted by Gasteiger charge is 2.15. The van der Waals surface area contributed by atoms with Gasteiger partial charge in [-0.2, -0.15) is 0 Å². The van der Waals surface area contributed by atoms with Gasteiger partial charge in [0.05, 0.1) is 15.9 Å². The number of halogens is 2. The van der Waals surface area contributed by atoms with Crippen molar-refractivity contribution in [2.75, 3.05) is 0 Å². The van der Waals surface area contributed by atoms with Gasteiger partial charge in [-0.05, 0) is 28.1 Å². The Bertz CT molecular complexity index is 570. The lowest BCUT2D eigenvalue weighted by atomic mass is 10.2. The van der Waals surface area contributed by atoms with Crippen LogP contribution in [0, 0.1) is 5.82 Å². The first-order chi connectivity index (χ1) is 8.08. The lowest BCUT2D eigenvalue weighted by molar-refractivity contribution is -0.136. The van der Waals surface area contributed by atoms with Crippen LogP contribution >= 0.6 is 27.3 Å². The van der Waals surface area contributed by atoms with Gasteiger partial charge in [-0.25, -0.2) is 9.37 Å². The van der Waals surface area contributed by atoms with E-state index in [0.717, 1.165) is 0 Å².